The zero-order valence-electron chi connectivity index (χ0n) is 6.40. The Morgan fingerprint density at radius 3 is 2.27 bits per heavy atom. The first kappa shape index (κ1) is 9.98. The molecule has 0 saturated carbocycles. The van der Waals surface area contributed by atoms with E-state index in [2.05, 4.69) is 26.8 Å². The van der Waals surface area contributed by atoms with Gasteiger partial charge in [-0.1, -0.05) is 36.4 Å². The second-order valence-electron chi connectivity index (χ2n) is 1.98. The quantitative estimate of drug-likeness (QED) is 0.494. The molecule has 1 nitrogen and oxygen atoms in total. The molecule has 1 aromatic rings. The van der Waals surface area contributed by atoms with E-state index in [1.54, 1.807) is 0 Å². The highest BCUT2D eigenvalue weighted by Crippen LogP contribution is 1.98. The van der Waals surface area contributed by atoms with Crippen LogP contribution in [0.15, 0.2) is 43.0 Å². The Bertz CT molecular complexity index is 184. The highest BCUT2D eigenvalue weighted by Gasteiger charge is 1.82. The van der Waals surface area contributed by atoms with Crippen LogP contribution in [0, 0.1) is 0 Å². The van der Waals surface area contributed by atoms with Gasteiger partial charge in [-0.3, -0.25) is 0 Å². The summed E-state index contributed by atoms with van der Waals surface area (Å²) in [5, 5.41) is 6.50. The minimum absolute atomic E-state index is 0.973. The van der Waals surface area contributed by atoms with E-state index in [1.165, 1.54) is 5.56 Å². The van der Waals surface area contributed by atoms with Crippen LogP contribution < -0.4 is 0 Å². The molecule has 2 heteroatoms. The van der Waals surface area contributed by atoms with Crippen molar-refractivity contribution in [3.63, 3.8) is 0 Å². The summed E-state index contributed by atoms with van der Waals surface area (Å²) in [6.07, 6.45) is 2.89. The van der Waals surface area contributed by atoms with Crippen LogP contribution in [-0.2, 0) is 6.42 Å². The predicted molar refractivity (Wildman–Crippen MR) is 48.3 cm³/mol. The average Bonchev–Trinajstić information content (AvgIpc) is 2.11. The zero-order chi connectivity index (χ0) is 8.53. The molecule has 0 aliphatic carbocycles. The van der Waals surface area contributed by atoms with Crippen molar-refractivity contribution in [1.29, 1.82) is 0 Å². The van der Waals surface area contributed by atoms with Gasteiger partial charge < -0.3 is 5.02 Å². The molecule has 1 aromatic carbocycles. The molecule has 0 spiro atoms. The molecule has 0 aliphatic rings. The largest absolute Gasteiger partial charge is 0.461 e. The molecule has 0 aliphatic heterocycles. The van der Waals surface area contributed by atoms with Gasteiger partial charge >= 0.3 is 0 Å². The third kappa shape index (κ3) is 4.40. The SMILES string of the molecule is C=CCc1ccccc1.[B]O. The molecule has 2 radical (unpaired) electrons. The maximum Gasteiger partial charge on any atom is 0.277 e. The summed E-state index contributed by atoms with van der Waals surface area (Å²) in [5.74, 6) is 0. The van der Waals surface area contributed by atoms with Crippen molar-refractivity contribution in [3.8, 4) is 0 Å². The highest BCUT2D eigenvalue weighted by atomic mass is 16.2. The molecular formula is C9H11BO. The van der Waals surface area contributed by atoms with Crippen molar-refractivity contribution in [3.05, 3.63) is 48.6 Å². The standard InChI is InChI=1S/C9H10.BHO/c1-2-6-9-7-4-3-5-8-9;1-2/h2-5,7-8H,1,6H2;2H. The lowest BCUT2D eigenvalue weighted by Gasteiger charge is -1.91. The lowest BCUT2D eigenvalue weighted by molar-refractivity contribution is 0.629. The van der Waals surface area contributed by atoms with Gasteiger partial charge in [0.05, 0.1) is 0 Å². The number of benzene rings is 1. The van der Waals surface area contributed by atoms with Crippen LogP contribution in [0.1, 0.15) is 5.56 Å². The van der Waals surface area contributed by atoms with Gasteiger partial charge in [-0.15, -0.1) is 6.58 Å². The summed E-state index contributed by atoms with van der Waals surface area (Å²) in [5.41, 5.74) is 1.33. The molecule has 0 fully saturated rings. The zero-order valence-corrected chi connectivity index (χ0v) is 6.40. The average molecular weight is 146 g/mol. The van der Waals surface area contributed by atoms with Crippen molar-refractivity contribution >= 4 is 8.05 Å². The molecule has 56 valence electrons. The fraction of sp³-hybridized carbons (Fsp3) is 0.111. The maximum absolute atomic E-state index is 6.50. The summed E-state index contributed by atoms with van der Waals surface area (Å²) in [7, 11) is 3.50. The van der Waals surface area contributed by atoms with Gasteiger partial charge in [0.15, 0.2) is 0 Å². The molecular weight excluding hydrogens is 135 g/mol. The molecule has 0 saturated heterocycles. The number of hydrogen-bond donors (Lipinski definition) is 1. The number of rotatable bonds is 2. The molecule has 1 N–H and O–H groups in total. The summed E-state index contributed by atoms with van der Waals surface area (Å²) in [6.45, 7) is 3.66. The Kier molecular flexibility index (Phi) is 6.44. The predicted octanol–water partition coefficient (Wildman–Crippen LogP) is 1.48. The van der Waals surface area contributed by atoms with E-state index >= 15 is 0 Å². The fourth-order valence-electron chi connectivity index (χ4n) is 0.781. The second kappa shape index (κ2) is 7.10. The molecule has 0 atom stereocenters. The van der Waals surface area contributed by atoms with Crippen LogP contribution in [0.4, 0.5) is 0 Å². The normalized spacial score (nSPS) is 7.73. The smallest absolute Gasteiger partial charge is 0.277 e. The molecule has 0 aromatic heterocycles. The summed E-state index contributed by atoms with van der Waals surface area (Å²) in [4.78, 5) is 0. The lowest BCUT2D eigenvalue weighted by Crippen LogP contribution is -1.75. The monoisotopic (exact) mass is 146 g/mol. The summed E-state index contributed by atoms with van der Waals surface area (Å²) >= 11 is 0. The molecule has 0 heterocycles. The first-order chi connectivity index (χ1) is 5.43. The Morgan fingerprint density at radius 1 is 1.27 bits per heavy atom. The van der Waals surface area contributed by atoms with Gasteiger partial charge in [0.1, 0.15) is 0 Å². The van der Waals surface area contributed by atoms with Gasteiger partial charge in [-0.25, -0.2) is 0 Å². The highest BCUT2D eigenvalue weighted by molar-refractivity contribution is 5.95. The Morgan fingerprint density at radius 2 is 1.82 bits per heavy atom. The van der Waals surface area contributed by atoms with Crippen LogP contribution in [0.3, 0.4) is 0 Å². The van der Waals surface area contributed by atoms with E-state index in [4.69, 9.17) is 5.02 Å². The lowest BCUT2D eigenvalue weighted by atomic mass is 10.2. The van der Waals surface area contributed by atoms with E-state index in [-0.39, 0.29) is 0 Å². The van der Waals surface area contributed by atoms with Crippen molar-refractivity contribution in [2.75, 3.05) is 0 Å². The minimum atomic E-state index is 0.973. The molecule has 1 rings (SSSR count). The van der Waals surface area contributed by atoms with Gasteiger partial charge in [0, 0.05) is 0 Å². The van der Waals surface area contributed by atoms with Gasteiger partial charge in [-0.05, 0) is 12.0 Å². The van der Waals surface area contributed by atoms with Gasteiger partial charge in [0.25, 0.3) is 8.05 Å². The molecule has 0 bridgehead atoms. The Hall–Kier alpha value is -1.02. The van der Waals surface area contributed by atoms with Crippen LogP contribution in [0.2, 0.25) is 0 Å². The molecule has 0 unspecified atom stereocenters. The Labute approximate surface area is 68.8 Å². The van der Waals surface area contributed by atoms with E-state index in [0.29, 0.717) is 0 Å². The Balaban J connectivity index is 0.000000461. The van der Waals surface area contributed by atoms with Crippen molar-refractivity contribution in [2.24, 2.45) is 0 Å². The minimum Gasteiger partial charge on any atom is -0.461 e. The number of hydrogen-bond acceptors (Lipinski definition) is 1. The fourth-order valence-corrected chi connectivity index (χ4v) is 0.781. The summed E-state index contributed by atoms with van der Waals surface area (Å²) < 4.78 is 0. The van der Waals surface area contributed by atoms with Crippen LogP contribution in [-0.4, -0.2) is 13.1 Å². The van der Waals surface area contributed by atoms with Gasteiger partial charge in [0.2, 0.25) is 0 Å². The van der Waals surface area contributed by atoms with E-state index in [1.807, 2.05) is 24.3 Å². The maximum atomic E-state index is 6.50. The van der Waals surface area contributed by atoms with E-state index < -0.39 is 0 Å². The molecule has 11 heavy (non-hydrogen) atoms. The van der Waals surface area contributed by atoms with Crippen molar-refractivity contribution in [2.45, 2.75) is 6.42 Å². The third-order valence-corrected chi connectivity index (χ3v) is 1.22. The van der Waals surface area contributed by atoms with Gasteiger partial charge in [-0.2, -0.15) is 0 Å². The topological polar surface area (TPSA) is 20.2 Å². The first-order valence-electron chi connectivity index (χ1n) is 3.34. The first-order valence-corrected chi connectivity index (χ1v) is 3.34. The van der Waals surface area contributed by atoms with Crippen molar-refractivity contribution < 1.29 is 5.02 Å². The van der Waals surface area contributed by atoms with Crippen LogP contribution in [0.5, 0.6) is 0 Å². The van der Waals surface area contributed by atoms with Crippen LogP contribution in [0.25, 0.3) is 0 Å². The van der Waals surface area contributed by atoms with Crippen molar-refractivity contribution in [1.82, 2.24) is 0 Å². The van der Waals surface area contributed by atoms with Crippen LogP contribution >= 0.6 is 0 Å². The molecule has 0 amide bonds. The summed E-state index contributed by atoms with van der Waals surface area (Å²) in [6, 6.07) is 10.3. The van der Waals surface area contributed by atoms with E-state index in [9.17, 15) is 0 Å². The third-order valence-electron chi connectivity index (χ3n) is 1.22. The van der Waals surface area contributed by atoms with E-state index in [0.717, 1.165) is 6.42 Å². The second-order valence-corrected chi connectivity index (χ2v) is 1.98. The number of allylic oxidation sites excluding steroid dienone is 1.